The van der Waals surface area contributed by atoms with Gasteiger partial charge in [0.2, 0.25) is 0 Å². The van der Waals surface area contributed by atoms with Crippen LogP contribution in [0, 0.1) is 6.92 Å². The van der Waals surface area contributed by atoms with Gasteiger partial charge in [0.05, 0.1) is 13.2 Å². The predicted octanol–water partition coefficient (Wildman–Crippen LogP) is 1.42. The van der Waals surface area contributed by atoms with Gasteiger partial charge in [-0.05, 0) is 18.6 Å². The Hall–Kier alpha value is -1.06. The molecule has 0 radical (unpaired) electrons. The first-order valence-electron chi connectivity index (χ1n) is 4.62. The summed E-state index contributed by atoms with van der Waals surface area (Å²) in [4.78, 5) is 0. The van der Waals surface area contributed by atoms with Gasteiger partial charge in [-0.15, -0.1) is 0 Å². The van der Waals surface area contributed by atoms with Gasteiger partial charge in [-0.3, -0.25) is 0 Å². The van der Waals surface area contributed by atoms with Gasteiger partial charge in [-0.2, -0.15) is 0 Å². The second-order valence-corrected chi connectivity index (χ2v) is 3.27. The lowest BCUT2D eigenvalue weighted by Gasteiger charge is -2.14. The van der Waals surface area contributed by atoms with Crippen LogP contribution < -0.4 is 4.74 Å². The van der Waals surface area contributed by atoms with Crippen molar-refractivity contribution in [1.29, 1.82) is 0 Å². The third-order valence-corrected chi connectivity index (χ3v) is 2.15. The molecule has 0 aliphatic rings. The van der Waals surface area contributed by atoms with Crippen LogP contribution in [0.3, 0.4) is 0 Å². The van der Waals surface area contributed by atoms with Crippen molar-refractivity contribution < 1.29 is 14.9 Å². The highest BCUT2D eigenvalue weighted by Gasteiger charge is 2.12. The van der Waals surface area contributed by atoms with Crippen LogP contribution in [0.1, 0.15) is 23.7 Å². The number of aliphatic hydroxyl groups excluding tert-OH is 2. The topological polar surface area (TPSA) is 49.7 Å². The van der Waals surface area contributed by atoms with Gasteiger partial charge in [-0.1, -0.05) is 12.1 Å². The average Bonchev–Trinajstić information content (AvgIpc) is 2.17. The van der Waals surface area contributed by atoms with Gasteiger partial charge in [0.15, 0.2) is 0 Å². The average molecular weight is 196 g/mol. The first-order chi connectivity index (χ1) is 6.69. The van der Waals surface area contributed by atoms with Crippen LogP contribution in [-0.2, 0) is 0 Å². The van der Waals surface area contributed by atoms with Crippen molar-refractivity contribution in [3.05, 3.63) is 29.3 Å². The lowest BCUT2D eigenvalue weighted by atomic mass is 10.0. The summed E-state index contributed by atoms with van der Waals surface area (Å²) in [5, 5.41) is 18.4. The summed E-state index contributed by atoms with van der Waals surface area (Å²) in [6.45, 7) is 1.93. The lowest BCUT2D eigenvalue weighted by Crippen LogP contribution is -2.02. The van der Waals surface area contributed by atoms with E-state index in [1.165, 1.54) is 0 Å². The van der Waals surface area contributed by atoms with E-state index in [0.29, 0.717) is 12.2 Å². The summed E-state index contributed by atoms with van der Waals surface area (Å²) in [6.07, 6.45) is -0.324. The molecule has 0 fully saturated rings. The molecule has 0 aromatic heterocycles. The highest BCUT2D eigenvalue weighted by atomic mass is 16.5. The van der Waals surface area contributed by atoms with E-state index in [1.54, 1.807) is 7.11 Å². The van der Waals surface area contributed by atoms with Gasteiger partial charge in [0.1, 0.15) is 5.75 Å². The molecule has 0 saturated heterocycles. The van der Waals surface area contributed by atoms with Crippen LogP contribution in [0.5, 0.6) is 5.75 Å². The quantitative estimate of drug-likeness (QED) is 0.765. The maximum Gasteiger partial charge on any atom is 0.124 e. The summed E-state index contributed by atoms with van der Waals surface area (Å²) >= 11 is 0. The van der Waals surface area contributed by atoms with Gasteiger partial charge in [0, 0.05) is 18.6 Å². The van der Waals surface area contributed by atoms with E-state index in [-0.39, 0.29) is 6.61 Å². The molecule has 0 bridgehead atoms. The summed E-state index contributed by atoms with van der Waals surface area (Å²) in [6, 6.07) is 5.61. The van der Waals surface area contributed by atoms with E-state index in [1.807, 2.05) is 25.1 Å². The Bertz CT molecular complexity index is 297. The second kappa shape index (κ2) is 4.98. The molecule has 1 aromatic carbocycles. The molecule has 0 amide bonds. The van der Waals surface area contributed by atoms with Crippen LogP contribution in [0.2, 0.25) is 0 Å². The molecule has 1 atom stereocenters. The number of aryl methyl sites for hydroxylation is 1. The molecule has 1 rings (SSSR count). The summed E-state index contributed by atoms with van der Waals surface area (Å²) in [5.74, 6) is 0.672. The van der Waals surface area contributed by atoms with Crippen molar-refractivity contribution in [1.82, 2.24) is 0 Å². The van der Waals surface area contributed by atoms with Crippen LogP contribution in [0.4, 0.5) is 0 Å². The first kappa shape index (κ1) is 11.0. The Morgan fingerprint density at radius 3 is 2.71 bits per heavy atom. The normalized spacial score (nSPS) is 12.6. The summed E-state index contributed by atoms with van der Waals surface area (Å²) in [7, 11) is 1.57. The zero-order valence-corrected chi connectivity index (χ0v) is 8.53. The van der Waals surface area contributed by atoms with E-state index >= 15 is 0 Å². The highest BCUT2D eigenvalue weighted by molar-refractivity contribution is 5.38. The molecular formula is C11H16O3. The zero-order valence-electron chi connectivity index (χ0n) is 8.53. The molecule has 3 nitrogen and oxygen atoms in total. The van der Waals surface area contributed by atoms with Crippen LogP contribution in [-0.4, -0.2) is 23.9 Å². The van der Waals surface area contributed by atoms with Crippen molar-refractivity contribution >= 4 is 0 Å². The molecule has 0 heterocycles. The SMILES string of the molecule is COc1cc(C)ccc1C(O)CCO. The second-order valence-electron chi connectivity index (χ2n) is 3.27. The molecule has 78 valence electrons. The molecule has 14 heavy (non-hydrogen) atoms. The minimum Gasteiger partial charge on any atom is -0.496 e. The lowest BCUT2D eigenvalue weighted by molar-refractivity contribution is 0.131. The molecular weight excluding hydrogens is 180 g/mol. The molecule has 1 unspecified atom stereocenters. The molecule has 3 heteroatoms. The number of hydrogen-bond donors (Lipinski definition) is 2. The molecule has 1 aromatic rings. The Morgan fingerprint density at radius 1 is 1.43 bits per heavy atom. The molecule has 0 aliphatic heterocycles. The Labute approximate surface area is 84.0 Å². The Morgan fingerprint density at radius 2 is 2.14 bits per heavy atom. The van der Waals surface area contributed by atoms with E-state index in [9.17, 15) is 5.11 Å². The minimum atomic E-state index is -0.657. The summed E-state index contributed by atoms with van der Waals surface area (Å²) in [5.41, 5.74) is 1.81. The smallest absolute Gasteiger partial charge is 0.124 e. The number of ether oxygens (including phenoxy) is 1. The third-order valence-electron chi connectivity index (χ3n) is 2.15. The monoisotopic (exact) mass is 196 g/mol. The first-order valence-corrected chi connectivity index (χ1v) is 4.62. The van der Waals surface area contributed by atoms with Crippen LogP contribution >= 0.6 is 0 Å². The maximum atomic E-state index is 9.68. The van der Waals surface area contributed by atoms with E-state index in [4.69, 9.17) is 9.84 Å². The van der Waals surface area contributed by atoms with Gasteiger partial charge < -0.3 is 14.9 Å². The Balaban J connectivity index is 2.95. The van der Waals surface area contributed by atoms with E-state index in [0.717, 1.165) is 11.1 Å². The number of hydrogen-bond acceptors (Lipinski definition) is 3. The fourth-order valence-electron chi connectivity index (χ4n) is 1.37. The van der Waals surface area contributed by atoms with Crippen molar-refractivity contribution in [2.45, 2.75) is 19.4 Å². The zero-order chi connectivity index (χ0) is 10.6. The number of methoxy groups -OCH3 is 1. The van der Waals surface area contributed by atoms with Gasteiger partial charge in [0.25, 0.3) is 0 Å². The van der Waals surface area contributed by atoms with E-state index in [2.05, 4.69) is 0 Å². The van der Waals surface area contributed by atoms with Crippen LogP contribution in [0.25, 0.3) is 0 Å². The standard InChI is InChI=1S/C11H16O3/c1-8-3-4-9(10(13)5-6-12)11(7-8)14-2/h3-4,7,10,12-13H,5-6H2,1-2H3. The van der Waals surface area contributed by atoms with E-state index < -0.39 is 6.10 Å². The number of benzene rings is 1. The van der Waals surface area contributed by atoms with Gasteiger partial charge in [-0.25, -0.2) is 0 Å². The van der Waals surface area contributed by atoms with Crippen molar-refractivity contribution in [3.8, 4) is 5.75 Å². The number of rotatable bonds is 4. The minimum absolute atomic E-state index is 0.0296. The predicted molar refractivity (Wildman–Crippen MR) is 54.4 cm³/mol. The largest absolute Gasteiger partial charge is 0.496 e. The third kappa shape index (κ3) is 2.47. The fraction of sp³-hybridized carbons (Fsp3) is 0.455. The molecule has 0 aliphatic carbocycles. The van der Waals surface area contributed by atoms with Crippen molar-refractivity contribution in [3.63, 3.8) is 0 Å². The molecule has 2 N–H and O–H groups in total. The highest BCUT2D eigenvalue weighted by Crippen LogP contribution is 2.27. The molecule has 0 spiro atoms. The fourth-order valence-corrected chi connectivity index (χ4v) is 1.37. The maximum absolute atomic E-state index is 9.68. The van der Waals surface area contributed by atoms with Crippen molar-refractivity contribution in [2.75, 3.05) is 13.7 Å². The van der Waals surface area contributed by atoms with Crippen LogP contribution in [0.15, 0.2) is 18.2 Å². The molecule has 0 saturated carbocycles. The number of aliphatic hydroxyl groups is 2. The summed E-state index contributed by atoms with van der Waals surface area (Å²) < 4.78 is 5.15. The Kier molecular flexibility index (Phi) is 3.92. The van der Waals surface area contributed by atoms with Gasteiger partial charge >= 0.3 is 0 Å². The van der Waals surface area contributed by atoms with Crippen molar-refractivity contribution in [2.24, 2.45) is 0 Å².